The summed E-state index contributed by atoms with van der Waals surface area (Å²) in [5.74, 6) is 0.189. The van der Waals surface area contributed by atoms with E-state index in [9.17, 15) is 9.59 Å². The third kappa shape index (κ3) is 5.53. The van der Waals surface area contributed by atoms with Gasteiger partial charge in [-0.25, -0.2) is 0 Å². The minimum absolute atomic E-state index is 0.0769. The number of nitrogens with one attached hydrogen (secondary N) is 1. The molecule has 1 atom stereocenters. The Kier molecular flexibility index (Phi) is 6.85. The van der Waals surface area contributed by atoms with Crippen LogP contribution in [-0.4, -0.2) is 79.9 Å². The average Bonchev–Trinajstić information content (AvgIpc) is 2.67. The maximum atomic E-state index is 12.6. The monoisotopic (exact) mass is 372 g/mol. The second kappa shape index (κ2) is 9.33. The number of hydrogen-bond acceptors (Lipinski definition) is 4. The van der Waals surface area contributed by atoms with Crippen molar-refractivity contribution in [3.05, 3.63) is 35.4 Å². The molecule has 148 valence electrons. The van der Waals surface area contributed by atoms with Crippen molar-refractivity contribution >= 4 is 11.8 Å². The van der Waals surface area contributed by atoms with E-state index in [1.54, 1.807) is 0 Å². The number of fused-ring (bicyclic) bond motifs is 1. The second-order valence-electron chi connectivity index (χ2n) is 7.96. The normalized spacial score (nSPS) is 20.6. The molecule has 0 aromatic heterocycles. The minimum atomic E-state index is -0.0769. The van der Waals surface area contributed by atoms with E-state index in [0.717, 1.165) is 32.6 Å². The Bertz CT molecular complexity index is 661. The Morgan fingerprint density at radius 3 is 2.74 bits per heavy atom. The van der Waals surface area contributed by atoms with Crippen LogP contribution in [-0.2, 0) is 22.6 Å². The molecule has 0 bridgehead atoms. The van der Waals surface area contributed by atoms with Crippen LogP contribution >= 0.6 is 0 Å². The molecule has 1 unspecified atom stereocenters. The van der Waals surface area contributed by atoms with E-state index in [-0.39, 0.29) is 17.7 Å². The lowest BCUT2D eigenvalue weighted by Gasteiger charge is -2.33. The van der Waals surface area contributed by atoms with Gasteiger partial charge in [0.2, 0.25) is 11.8 Å². The number of likely N-dealkylation sites (N-methyl/N-ethyl adjacent to an activating group) is 1. The number of nitrogens with zero attached hydrogens (tertiary/aromatic N) is 3. The van der Waals surface area contributed by atoms with Gasteiger partial charge in [0, 0.05) is 52.2 Å². The summed E-state index contributed by atoms with van der Waals surface area (Å²) in [7, 11) is 4.00. The summed E-state index contributed by atoms with van der Waals surface area (Å²) in [6, 6.07) is 8.60. The molecule has 1 N–H and O–H groups in total. The van der Waals surface area contributed by atoms with Crippen molar-refractivity contribution in [3.63, 3.8) is 0 Å². The fraction of sp³-hybridized carbons (Fsp3) is 0.619. The Morgan fingerprint density at radius 2 is 1.96 bits per heavy atom. The van der Waals surface area contributed by atoms with Crippen LogP contribution in [0.3, 0.4) is 0 Å². The van der Waals surface area contributed by atoms with E-state index in [1.165, 1.54) is 11.1 Å². The molecule has 2 amide bonds. The summed E-state index contributed by atoms with van der Waals surface area (Å²) >= 11 is 0. The lowest BCUT2D eigenvalue weighted by molar-refractivity contribution is -0.138. The highest BCUT2D eigenvalue weighted by atomic mass is 16.2. The summed E-state index contributed by atoms with van der Waals surface area (Å²) in [6.07, 6.45) is 2.23. The molecule has 2 aliphatic heterocycles. The molecular weight excluding hydrogens is 340 g/mol. The van der Waals surface area contributed by atoms with Crippen LogP contribution in [0.2, 0.25) is 0 Å². The van der Waals surface area contributed by atoms with E-state index in [0.29, 0.717) is 32.5 Å². The van der Waals surface area contributed by atoms with Gasteiger partial charge in [-0.05, 0) is 38.1 Å². The molecule has 6 heteroatoms. The summed E-state index contributed by atoms with van der Waals surface area (Å²) in [6.45, 7) is 5.62. The number of carbonyl (C=O) groups excluding carboxylic acids is 2. The number of likely N-dealkylation sites (tertiary alicyclic amines) is 1. The van der Waals surface area contributed by atoms with Crippen molar-refractivity contribution in [2.45, 2.75) is 25.8 Å². The Labute approximate surface area is 162 Å². The maximum Gasteiger partial charge on any atom is 0.224 e. The molecule has 1 aromatic carbocycles. The van der Waals surface area contributed by atoms with Crippen LogP contribution in [0, 0.1) is 5.92 Å². The molecule has 3 rings (SSSR count). The van der Waals surface area contributed by atoms with Gasteiger partial charge in [-0.3, -0.25) is 14.5 Å². The summed E-state index contributed by atoms with van der Waals surface area (Å²) in [5, 5.41) is 3.09. The minimum Gasteiger partial charge on any atom is -0.355 e. The first-order valence-corrected chi connectivity index (χ1v) is 10.0. The number of carbonyl (C=O) groups is 2. The van der Waals surface area contributed by atoms with Crippen LogP contribution < -0.4 is 5.32 Å². The van der Waals surface area contributed by atoms with Crippen molar-refractivity contribution in [2.75, 3.05) is 53.4 Å². The molecule has 27 heavy (non-hydrogen) atoms. The van der Waals surface area contributed by atoms with Crippen molar-refractivity contribution in [3.8, 4) is 0 Å². The first kappa shape index (κ1) is 19.8. The molecule has 1 fully saturated rings. The van der Waals surface area contributed by atoms with Crippen LogP contribution in [0.15, 0.2) is 24.3 Å². The predicted molar refractivity (Wildman–Crippen MR) is 106 cm³/mol. The third-order valence-corrected chi connectivity index (χ3v) is 5.63. The summed E-state index contributed by atoms with van der Waals surface area (Å²) in [4.78, 5) is 30.9. The topological polar surface area (TPSA) is 55.9 Å². The molecule has 0 radical (unpaired) electrons. The standard InChI is InChI=1S/C21H32N4O2/c1-23(2)13-14-25-16-19(7-8-20(25)26)21(27)22-10-12-24-11-9-17-5-3-4-6-18(17)15-24/h3-6,19H,7-16H2,1-2H3,(H,22,27). The van der Waals surface area contributed by atoms with Gasteiger partial charge in [0.15, 0.2) is 0 Å². The van der Waals surface area contributed by atoms with E-state index < -0.39 is 0 Å². The van der Waals surface area contributed by atoms with Gasteiger partial charge in [0.25, 0.3) is 0 Å². The second-order valence-corrected chi connectivity index (χ2v) is 7.96. The van der Waals surface area contributed by atoms with Crippen molar-refractivity contribution in [2.24, 2.45) is 5.92 Å². The third-order valence-electron chi connectivity index (χ3n) is 5.63. The van der Waals surface area contributed by atoms with Gasteiger partial charge in [0.05, 0.1) is 5.92 Å². The Morgan fingerprint density at radius 1 is 1.19 bits per heavy atom. The quantitative estimate of drug-likeness (QED) is 0.775. The number of hydrogen-bond donors (Lipinski definition) is 1. The Hall–Kier alpha value is -1.92. The van der Waals surface area contributed by atoms with Gasteiger partial charge >= 0.3 is 0 Å². The summed E-state index contributed by atoms with van der Waals surface area (Å²) < 4.78 is 0. The number of amides is 2. The van der Waals surface area contributed by atoms with Gasteiger partial charge in [0.1, 0.15) is 0 Å². The van der Waals surface area contributed by atoms with Gasteiger partial charge in [-0.15, -0.1) is 0 Å². The molecule has 1 aromatic rings. The number of piperidine rings is 1. The highest BCUT2D eigenvalue weighted by Gasteiger charge is 2.30. The van der Waals surface area contributed by atoms with E-state index >= 15 is 0 Å². The SMILES string of the molecule is CN(C)CCN1CC(C(=O)NCCN2CCc3ccccc3C2)CCC1=O. The van der Waals surface area contributed by atoms with Crippen molar-refractivity contribution < 1.29 is 9.59 Å². The van der Waals surface area contributed by atoms with Crippen LogP contribution in [0.1, 0.15) is 24.0 Å². The van der Waals surface area contributed by atoms with Crippen LogP contribution in [0.4, 0.5) is 0 Å². The fourth-order valence-corrected chi connectivity index (χ4v) is 3.89. The average molecular weight is 373 g/mol. The van der Waals surface area contributed by atoms with Gasteiger partial charge in [-0.1, -0.05) is 24.3 Å². The molecule has 0 aliphatic carbocycles. The van der Waals surface area contributed by atoms with Crippen molar-refractivity contribution in [1.82, 2.24) is 20.0 Å². The van der Waals surface area contributed by atoms with E-state index in [1.807, 2.05) is 19.0 Å². The lowest BCUT2D eigenvalue weighted by Crippen LogP contribution is -2.48. The molecule has 2 aliphatic rings. The van der Waals surface area contributed by atoms with Crippen LogP contribution in [0.5, 0.6) is 0 Å². The summed E-state index contributed by atoms with van der Waals surface area (Å²) in [5.41, 5.74) is 2.85. The van der Waals surface area contributed by atoms with Gasteiger partial charge in [-0.2, -0.15) is 0 Å². The largest absolute Gasteiger partial charge is 0.355 e. The maximum absolute atomic E-state index is 12.6. The number of benzene rings is 1. The fourth-order valence-electron chi connectivity index (χ4n) is 3.89. The predicted octanol–water partition coefficient (Wildman–Crippen LogP) is 0.961. The smallest absolute Gasteiger partial charge is 0.224 e. The zero-order chi connectivity index (χ0) is 19.2. The molecular formula is C21H32N4O2. The molecule has 6 nitrogen and oxygen atoms in total. The molecule has 1 saturated heterocycles. The molecule has 0 saturated carbocycles. The van der Waals surface area contributed by atoms with Crippen LogP contribution in [0.25, 0.3) is 0 Å². The highest BCUT2D eigenvalue weighted by molar-refractivity contribution is 5.83. The zero-order valence-electron chi connectivity index (χ0n) is 16.6. The molecule has 2 heterocycles. The highest BCUT2D eigenvalue weighted by Crippen LogP contribution is 2.19. The first-order chi connectivity index (χ1) is 13.0. The zero-order valence-corrected chi connectivity index (χ0v) is 16.6. The van der Waals surface area contributed by atoms with E-state index in [4.69, 9.17) is 0 Å². The molecule has 0 spiro atoms. The van der Waals surface area contributed by atoms with Crippen molar-refractivity contribution in [1.29, 1.82) is 0 Å². The Balaban J connectivity index is 1.41. The lowest BCUT2D eigenvalue weighted by atomic mass is 9.96. The first-order valence-electron chi connectivity index (χ1n) is 10.0. The van der Waals surface area contributed by atoms with Gasteiger partial charge < -0.3 is 15.1 Å². The van der Waals surface area contributed by atoms with E-state index in [2.05, 4.69) is 39.4 Å². The number of rotatable bonds is 7.